The zero-order valence-corrected chi connectivity index (χ0v) is 19.0. The van der Waals surface area contributed by atoms with Crippen molar-refractivity contribution in [2.24, 2.45) is 0 Å². The topological polar surface area (TPSA) is 57.6 Å². The fraction of sp³-hybridized carbons (Fsp3) is 0.0968. The molecule has 0 unspecified atom stereocenters. The van der Waals surface area contributed by atoms with Crippen molar-refractivity contribution in [2.45, 2.75) is 18.6 Å². The summed E-state index contributed by atoms with van der Waals surface area (Å²) in [5.74, 6) is -0.736. The molecule has 4 heteroatoms. The van der Waals surface area contributed by atoms with Gasteiger partial charge in [-0.1, -0.05) is 103 Å². The van der Waals surface area contributed by atoms with E-state index in [1.54, 1.807) is 23.1 Å². The quantitative estimate of drug-likeness (QED) is 0.329. The van der Waals surface area contributed by atoms with E-state index >= 15 is 0 Å². The van der Waals surface area contributed by atoms with Crippen LogP contribution in [0.4, 0.5) is 5.69 Å². The molecule has 5 aromatic rings. The number of carbonyl (C=O) groups excluding carboxylic acids is 2. The molecule has 1 heterocycles. The number of fused-ring (bicyclic) bond motifs is 3. The van der Waals surface area contributed by atoms with E-state index < -0.39 is 11.5 Å². The highest BCUT2D eigenvalue weighted by Gasteiger charge is 2.50. The number of hydrogen-bond acceptors (Lipinski definition) is 3. The lowest BCUT2D eigenvalue weighted by molar-refractivity contribution is -0.136. The van der Waals surface area contributed by atoms with Crippen molar-refractivity contribution in [3.05, 3.63) is 126 Å². The van der Waals surface area contributed by atoms with E-state index in [-0.39, 0.29) is 12.2 Å². The first-order valence-corrected chi connectivity index (χ1v) is 11.7. The molecule has 170 valence electrons. The number of anilines is 1. The Labute approximate surface area is 203 Å². The van der Waals surface area contributed by atoms with E-state index in [0.717, 1.165) is 27.1 Å². The van der Waals surface area contributed by atoms with Gasteiger partial charge in [0.1, 0.15) is 0 Å². The Morgan fingerprint density at radius 1 is 0.714 bits per heavy atom. The lowest BCUT2D eigenvalue weighted by Crippen LogP contribution is -2.41. The van der Waals surface area contributed by atoms with Gasteiger partial charge in [-0.25, -0.2) is 0 Å². The maximum atomic E-state index is 13.8. The van der Waals surface area contributed by atoms with E-state index in [0.29, 0.717) is 23.4 Å². The molecule has 4 nitrogen and oxygen atoms in total. The second-order valence-electron chi connectivity index (χ2n) is 9.03. The van der Waals surface area contributed by atoms with Crippen LogP contribution in [-0.2, 0) is 16.9 Å². The van der Waals surface area contributed by atoms with Crippen LogP contribution >= 0.6 is 0 Å². The van der Waals surface area contributed by atoms with Crippen molar-refractivity contribution in [3.8, 4) is 0 Å². The summed E-state index contributed by atoms with van der Waals surface area (Å²) in [5.41, 5.74) is 0.678. The zero-order valence-electron chi connectivity index (χ0n) is 19.0. The van der Waals surface area contributed by atoms with Gasteiger partial charge in [-0.2, -0.15) is 0 Å². The van der Waals surface area contributed by atoms with Crippen LogP contribution in [-0.4, -0.2) is 16.8 Å². The first-order chi connectivity index (χ1) is 17.1. The molecule has 0 saturated heterocycles. The third-order valence-electron chi connectivity index (χ3n) is 6.95. The molecule has 0 fully saturated rings. The van der Waals surface area contributed by atoms with E-state index in [1.807, 2.05) is 91.0 Å². The summed E-state index contributed by atoms with van der Waals surface area (Å²) in [6, 6.07) is 34.4. The van der Waals surface area contributed by atoms with Gasteiger partial charge in [0.25, 0.3) is 5.91 Å². The molecule has 1 amide bonds. The first-order valence-electron chi connectivity index (χ1n) is 11.7. The molecular formula is C31H23NO3. The molecular weight excluding hydrogens is 434 g/mol. The van der Waals surface area contributed by atoms with Gasteiger partial charge >= 0.3 is 0 Å². The molecule has 0 saturated carbocycles. The van der Waals surface area contributed by atoms with Crippen molar-refractivity contribution in [2.75, 3.05) is 4.90 Å². The Bertz CT molecular complexity index is 1610. The lowest BCUT2D eigenvalue weighted by Gasteiger charge is -2.23. The molecule has 0 aromatic heterocycles. The Hall–Kier alpha value is -4.28. The highest BCUT2D eigenvalue weighted by Crippen LogP contribution is 2.44. The normalized spacial score (nSPS) is 17.2. The number of aliphatic hydroxyl groups is 1. The van der Waals surface area contributed by atoms with Gasteiger partial charge < -0.3 is 10.0 Å². The summed E-state index contributed by atoms with van der Waals surface area (Å²) in [4.78, 5) is 28.9. The Morgan fingerprint density at radius 3 is 2.11 bits per heavy atom. The smallest absolute Gasteiger partial charge is 0.264 e. The largest absolute Gasteiger partial charge is 0.375 e. The fourth-order valence-corrected chi connectivity index (χ4v) is 5.23. The van der Waals surface area contributed by atoms with Crippen LogP contribution in [0.2, 0.25) is 0 Å². The van der Waals surface area contributed by atoms with Crippen LogP contribution in [0.5, 0.6) is 0 Å². The average molecular weight is 458 g/mol. The van der Waals surface area contributed by atoms with Gasteiger partial charge in [0, 0.05) is 11.1 Å². The molecule has 0 radical (unpaired) electrons. The lowest BCUT2D eigenvalue weighted by atomic mass is 9.87. The molecule has 5 aromatic carbocycles. The molecule has 1 aliphatic heterocycles. The second-order valence-corrected chi connectivity index (χ2v) is 9.03. The zero-order chi connectivity index (χ0) is 24.0. The van der Waals surface area contributed by atoms with Gasteiger partial charge in [-0.05, 0) is 33.2 Å². The highest BCUT2D eigenvalue weighted by molar-refractivity contribution is 6.14. The van der Waals surface area contributed by atoms with Crippen molar-refractivity contribution in [3.63, 3.8) is 0 Å². The minimum Gasteiger partial charge on any atom is -0.375 e. The van der Waals surface area contributed by atoms with Crippen LogP contribution in [0, 0.1) is 0 Å². The molecule has 1 atom stereocenters. The van der Waals surface area contributed by atoms with Crippen LogP contribution in [0.15, 0.2) is 109 Å². The van der Waals surface area contributed by atoms with E-state index in [9.17, 15) is 14.7 Å². The number of carbonyl (C=O) groups is 2. The predicted molar refractivity (Wildman–Crippen MR) is 138 cm³/mol. The third-order valence-corrected chi connectivity index (χ3v) is 6.95. The van der Waals surface area contributed by atoms with Crippen molar-refractivity contribution < 1.29 is 14.7 Å². The SMILES string of the molecule is O=C(C[C@]1(O)C(=O)N(Cc2cccc3ccccc23)c2ccccc21)c1cccc2ccccc12. The minimum atomic E-state index is -1.92. The van der Waals surface area contributed by atoms with Crippen molar-refractivity contribution in [1.29, 1.82) is 0 Å². The number of para-hydroxylation sites is 1. The van der Waals surface area contributed by atoms with Crippen molar-refractivity contribution >= 4 is 38.9 Å². The van der Waals surface area contributed by atoms with Crippen LogP contribution in [0.3, 0.4) is 0 Å². The van der Waals surface area contributed by atoms with Crippen molar-refractivity contribution in [1.82, 2.24) is 0 Å². The number of rotatable bonds is 5. The Balaban J connectivity index is 1.39. The summed E-state index contributed by atoms with van der Waals surface area (Å²) >= 11 is 0. The molecule has 0 bridgehead atoms. The highest BCUT2D eigenvalue weighted by atomic mass is 16.3. The molecule has 1 aliphatic rings. The van der Waals surface area contributed by atoms with Gasteiger partial charge in [0.2, 0.25) is 0 Å². The summed E-state index contributed by atoms with van der Waals surface area (Å²) in [6.07, 6.45) is -0.317. The maximum absolute atomic E-state index is 13.8. The van der Waals surface area contributed by atoms with E-state index in [4.69, 9.17) is 0 Å². The van der Waals surface area contributed by atoms with Gasteiger partial charge in [-0.3, -0.25) is 9.59 Å². The summed E-state index contributed by atoms with van der Waals surface area (Å²) in [6.45, 7) is 0.308. The van der Waals surface area contributed by atoms with Gasteiger partial charge in [-0.15, -0.1) is 0 Å². The summed E-state index contributed by atoms with van der Waals surface area (Å²) in [7, 11) is 0. The first kappa shape index (κ1) is 21.3. The molecule has 35 heavy (non-hydrogen) atoms. The minimum absolute atomic E-state index is 0.264. The number of nitrogens with zero attached hydrogens (tertiary/aromatic N) is 1. The molecule has 6 rings (SSSR count). The standard InChI is InChI=1S/C31H23NO3/c33-29(26-16-8-12-22-10-2-4-15-25(22)26)19-31(35)27-17-5-6-18-28(27)32(30(31)34)20-23-13-7-11-21-9-1-3-14-24(21)23/h1-18,35H,19-20H2/t31-/m1/s1. The third kappa shape index (κ3) is 3.42. The number of Topliss-reactive ketones (excluding diaryl/α,β-unsaturated/α-hetero) is 1. The average Bonchev–Trinajstić information content (AvgIpc) is 3.10. The summed E-state index contributed by atoms with van der Waals surface area (Å²) in [5, 5.41) is 15.7. The number of hydrogen-bond donors (Lipinski definition) is 1. The Kier molecular flexibility index (Phi) is 4.97. The van der Waals surface area contributed by atoms with Gasteiger partial charge in [0.15, 0.2) is 11.4 Å². The van der Waals surface area contributed by atoms with Gasteiger partial charge in [0.05, 0.1) is 18.7 Å². The molecule has 1 N–H and O–H groups in total. The van der Waals surface area contributed by atoms with E-state index in [1.165, 1.54) is 0 Å². The van der Waals surface area contributed by atoms with E-state index in [2.05, 4.69) is 0 Å². The predicted octanol–water partition coefficient (Wildman–Crippen LogP) is 6.00. The van der Waals surface area contributed by atoms with Crippen LogP contribution in [0.25, 0.3) is 21.5 Å². The fourth-order valence-electron chi connectivity index (χ4n) is 5.23. The number of benzene rings is 5. The Morgan fingerprint density at radius 2 is 1.31 bits per heavy atom. The number of ketones is 1. The van der Waals surface area contributed by atoms with Crippen LogP contribution < -0.4 is 4.90 Å². The summed E-state index contributed by atoms with van der Waals surface area (Å²) < 4.78 is 0. The second kappa shape index (κ2) is 8.19. The molecule has 0 spiro atoms. The monoisotopic (exact) mass is 457 g/mol. The molecule has 0 aliphatic carbocycles. The number of amides is 1. The maximum Gasteiger partial charge on any atom is 0.264 e. The van der Waals surface area contributed by atoms with Crippen LogP contribution in [0.1, 0.15) is 27.9 Å².